The van der Waals surface area contributed by atoms with Crippen molar-refractivity contribution in [3.63, 3.8) is 0 Å². The van der Waals surface area contributed by atoms with Crippen LogP contribution in [-0.2, 0) is 4.79 Å². The molecule has 0 aliphatic rings. The fourth-order valence-electron chi connectivity index (χ4n) is 4.10. The maximum Gasteiger partial charge on any atom is 0.271 e. The highest BCUT2D eigenvalue weighted by Gasteiger charge is 2.12. The highest BCUT2D eigenvalue weighted by atomic mass is 79.9. The lowest BCUT2D eigenvalue weighted by atomic mass is 10.1. The maximum atomic E-state index is 12.7. The van der Waals surface area contributed by atoms with Gasteiger partial charge in [-0.2, -0.15) is 5.10 Å². The molecule has 0 saturated heterocycles. The number of benzene rings is 4. The van der Waals surface area contributed by atoms with Crippen molar-refractivity contribution < 1.29 is 14.3 Å². The summed E-state index contributed by atoms with van der Waals surface area (Å²) in [5.41, 5.74) is 9.39. The average molecular weight is 733 g/mol. The topological polar surface area (TPSA) is 105 Å². The smallest absolute Gasteiger partial charge is 0.271 e. The molecule has 1 heterocycles. The summed E-state index contributed by atoms with van der Waals surface area (Å²) in [4.78, 5) is 29.7. The van der Waals surface area contributed by atoms with Gasteiger partial charge in [0.15, 0.2) is 11.7 Å². The molecule has 11 heteroatoms. The Morgan fingerprint density at radius 2 is 1.64 bits per heavy atom. The van der Waals surface area contributed by atoms with Crippen LogP contribution in [0.3, 0.4) is 0 Å². The molecule has 0 atom stereocenters. The van der Waals surface area contributed by atoms with Gasteiger partial charge < -0.3 is 15.4 Å². The molecule has 5 aromatic rings. The Morgan fingerprint density at radius 3 is 2.34 bits per heavy atom. The van der Waals surface area contributed by atoms with Crippen molar-refractivity contribution in [3.05, 3.63) is 122 Å². The van der Waals surface area contributed by atoms with Gasteiger partial charge in [0.2, 0.25) is 0 Å². The standard InChI is InChI=1S/C33H27Br2N5O3S/c1-20-6-12-25(13-7-20)38-33-39-29(19-44-33)23-8-10-24(11-9-23)32(42)40-36-17-22-15-27(34)31(28(35)16-22)43-18-30(41)37-26-5-3-4-21(2)14-26/h3-17,19H,18H2,1-2H3,(H,37,41)(H,38,39)(H,40,42)/b36-17+. The molecule has 0 radical (unpaired) electrons. The number of anilines is 3. The summed E-state index contributed by atoms with van der Waals surface area (Å²) in [5, 5.41) is 13.0. The number of aryl methyl sites for hydroxylation is 2. The van der Waals surface area contributed by atoms with Gasteiger partial charge in [-0.25, -0.2) is 10.4 Å². The zero-order valence-electron chi connectivity index (χ0n) is 23.7. The lowest BCUT2D eigenvalue weighted by molar-refractivity contribution is -0.118. The predicted octanol–water partition coefficient (Wildman–Crippen LogP) is 8.48. The Balaban J connectivity index is 1.13. The van der Waals surface area contributed by atoms with Crippen molar-refractivity contribution in [1.29, 1.82) is 0 Å². The molecule has 3 N–H and O–H groups in total. The van der Waals surface area contributed by atoms with E-state index in [0.29, 0.717) is 31.5 Å². The number of amides is 2. The molecule has 0 aliphatic carbocycles. The van der Waals surface area contributed by atoms with Crippen LogP contribution in [0.15, 0.2) is 104 Å². The quantitative estimate of drug-likeness (QED) is 0.0987. The maximum absolute atomic E-state index is 12.7. The molecule has 0 unspecified atom stereocenters. The van der Waals surface area contributed by atoms with Crippen LogP contribution < -0.4 is 20.8 Å². The van der Waals surface area contributed by atoms with E-state index in [9.17, 15) is 9.59 Å². The van der Waals surface area contributed by atoms with Crippen LogP contribution in [0.1, 0.15) is 27.0 Å². The van der Waals surface area contributed by atoms with Crippen LogP contribution >= 0.6 is 43.2 Å². The first-order chi connectivity index (χ1) is 21.2. The summed E-state index contributed by atoms with van der Waals surface area (Å²) in [6.45, 7) is 3.84. The molecule has 0 bridgehead atoms. The number of halogens is 2. The van der Waals surface area contributed by atoms with E-state index in [0.717, 1.165) is 27.6 Å². The van der Waals surface area contributed by atoms with Crippen LogP contribution in [0, 0.1) is 13.8 Å². The number of thiazole rings is 1. The monoisotopic (exact) mass is 731 g/mol. The summed E-state index contributed by atoms with van der Waals surface area (Å²) < 4.78 is 6.98. The summed E-state index contributed by atoms with van der Waals surface area (Å²) in [7, 11) is 0. The summed E-state index contributed by atoms with van der Waals surface area (Å²) in [5.74, 6) is -0.142. The van der Waals surface area contributed by atoms with E-state index < -0.39 is 0 Å². The van der Waals surface area contributed by atoms with Crippen molar-refractivity contribution in [2.75, 3.05) is 17.2 Å². The largest absolute Gasteiger partial charge is 0.481 e. The number of rotatable bonds is 10. The summed E-state index contributed by atoms with van der Waals surface area (Å²) in [6.07, 6.45) is 1.52. The number of nitrogens with zero attached hydrogens (tertiary/aromatic N) is 2. The van der Waals surface area contributed by atoms with E-state index in [2.05, 4.69) is 58.0 Å². The van der Waals surface area contributed by atoms with Crippen LogP contribution in [0.25, 0.3) is 11.3 Å². The number of carbonyl (C=O) groups excluding carboxylic acids is 2. The molecule has 0 spiro atoms. The van der Waals surface area contributed by atoms with E-state index >= 15 is 0 Å². The Kier molecular flexibility index (Phi) is 10.2. The Labute approximate surface area is 275 Å². The van der Waals surface area contributed by atoms with Crippen LogP contribution in [-0.4, -0.2) is 29.6 Å². The van der Waals surface area contributed by atoms with E-state index in [4.69, 9.17) is 4.74 Å². The highest BCUT2D eigenvalue weighted by Crippen LogP contribution is 2.34. The zero-order valence-corrected chi connectivity index (χ0v) is 27.7. The number of hydrogen-bond donors (Lipinski definition) is 3. The second kappa shape index (κ2) is 14.4. The highest BCUT2D eigenvalue weighted by molar-refractivity contribution is 9.11. The third kappa shape index (κ3) is 8.40. The number of carbonyl (C=O) groups is 2. The van der Waals surface area contributed by atoms with Crippen molar-refractivity contribution >= 4 is 77.7 Å². The second-order valence-electron chi connectivity index (χ2n) is 9.83. The van der Waals surface area contributed by atoms with Gasteiger partial charge in [-0.1, -0.05) is 42.0 Å². The van der Waals surface area contributed by atoms with Crippen molar-refractivity contribution in [3.8, 4) is 17.0 Å². The Hall–Kier alpha value is -4.32. The van der Waals surface area contributed by atoms with Gasteiger partial charge in [0, 0.05) is 27.9 Å². The first-order valence-electron chi connectivity index (χ1n) is 13.4. The molecule has 0 fully saturated rings. The van der Waals surface area contributed by atoms with Crippen LogP contribution in [0.5, 0.6) is 5.75 Å². The fourth-order valence-corrected chi connectivity index (χ4v) is 6.29. The SMILES string of the molecule is Cc1ccc(Nc2nc(-c3ccc(C(=O)N/N=C/c4cc(Br)c(OCC(=O)Nc5cccc(C)c5)c(Br)c4)cc3)cs2)cc1. The lowest BCUT2D eigenvalue weighted by Crippen LogP contribution is -2.20. The van der Waals surface area contributed by atoms with Gasteiger partial charge in [-0.05, 0) is 105 Å². The minimum absolute atomic E-state index is 0.165. The molecule has 5 rings (SSSR count). The average Bonchev–Trinajstić information content (AvgIpc) is 3.46. The van der Waals surface area contributed by atoms with Crippen molar-refractivity contribution in [2.45, 2.75) is 13.8 Å². The van der Waals surface area contributed by atoms with Gasteiger partial charge in [-0.15, -0.1) is 11.3 Å². The van der Waals surface area contributed by atoms with Crippen molar-refractivity contribution in [1.82, 2.24) is 10.4 Å². The third-order valence-electron chi connectivity index (χ3n) is 6.30. The number of hydrogen-bond acceptors (Lipinski definition) is 7. The number of hydrazone groups is 1. The number of ether oxygens (including phenoxy) is 1. The molecule has 8 nitrogen and oxygen atoms in total. The molecular formula is C33H27Br2N5O3S. The molecular weight excluding hydrogens is 706 g/mol. The zero-order chi connectivity index (χ0) is 31.1. The molecule has 222 valence electrons. The molecule has 44 heavy (non-hydrogen) atoms. The fraction of sp³-hybridized carbons (Fsp3) is 0.0909. The first-order valence-corrected chi connectivity index (χ1v) is 15.9. The molecule has 1 aromatic heterocycles. The van der Waals surface area contributed by atoms with Crippen molar-refractivity contribution in [2.24, 2.45) is 5.10 Å². The molecule has 4 aromatic carbocycles. The number of nitrogens with one attached hydrogen (secondary N) is 3. The van der Waals surface area contributed by atoms with Crippen LogP contribution in [0.2, 0.25) is 0 Å². The number of aromatic nitrogens is 1. The third-order valence-corrected chi connectivity index (χ3v) is 8.24. The van der Waals surface area contributed by atoms with Gasteiger partial charge in [0.05, 0.1) is 20.9 Å². The second-order valence-corrected chi connectivity index (χ2v) is 12.4. The lowest BCUT2D eigenvalue weighted by Gasteiger charge is -2.12. The summed E-state index contributed by atoms with van der Waals surface area (Å²) >= 11 is 8.49. The minimum atomic E-state index is -0.342. The van der Waals surface area contributed by atoms with Gasteiger partial charge >= 0.3 is 0 Å². The summed E-state index contributed by atoms with van der Waals surface area (Å²) in [6, 6.07) is 26.4. The first kappa shape index (κ1) is 31.1. The van der Waals surface area contributed by atoms with Gasteiger partial charge in [0.25, 0.3) is 11.8 Å². The predicted molar refractivity (Wildman–Crippen MR) is 184 cm³/mol. The molecule has 0 aliphatic heterocycles. The van der Waals surface area contributed by atoms with E-state index in [-0.39, 0.29) is 18.4 Å². The molecule has 2 amide bonds. The Morgan fingerprint density at radius 1 is 0.909 bits per heavy atom. The normalized spacial score (nSPS) is 10.9. The Bertz CT molecular complexity index is 1800. The van der Waals surface area contributed by atoms with Gasteiger partial charge in [-0.3, -0.25) is 9.59 Å². The van der Waals surface area contributed by atoms with E-state index in [1.54, 1.807) is 24.3 Å². The van der Waals surface area contributed by atoms with E-state index in [1.165, 1.54) is 23.1 Å². The van der Waals surface area contributed by atoms with Crippen LogP contribution in [0.4, 0.5) is 16.5 Å². The van der Waals surface area contributed by atoms with Gasteiger partial charge in [0.1, 0.15) is 5.75 Å². The molecule has 0 saturated carbocycles. The minimum Gasteiger partial charge on any atom is -0.481 e. The van der Waals surface area contributed by atoms with E-state index in [1.807, 2.05) is 79.9 Å².